The molecular weight excluding hydrogens is 454 g/mol. The van der Waals surface area contributed by atoms with Gasteiger partial charge in [0, 0.05) is 36.0 Å². The number of carbonyl (C=O) groups is 1. The molecule has 0 bridgehead atoms. The number of nitrogens with zero attached hydrogens (tertiary/aromatic N) is 4. The number of carbonyl (C=O) groups excluding carboxylic acids is 1. The van der Waals surface area contributed by atoms with Gasteiger partial charge in [-0.2, -0.15) is 0 Å². The van der Waals surface area contributed by atoms with E-state index in [1.807, 2.05) is 31.4 Å². The fraction of sp³-hybridized carbons (Fsp3) is 0.292. The van der Waals surface area contributed by atoms with Crippen molar-refractivity contribution in [2.45, 2.75) is 13.8 Å². The number of hydrogen-bond donors (Lipinski definition) is 1. The first kappa shape index (κ1) is 23.5. The quantitative estimate of drug-likeness (QED) is 0.515. The number of aliphatic imine (C=N–C) groups is 2. The summed E-state index contributed by atoms with van der Waals surface area (Å²) in [5.74, 6) is 1.60. The van der Waals surface area contributed by atoms with Crippen LogP contribution in [0.2, 0.25) is 0 Å². The number of anilines is 1. The molecule has 1 aliphatic heterocycles. The van der Waals surface area contributed by atoms with E-state index in [1.54, 1.807) is 31.6 Å². The Morgan fingerprint density at radius 3 is 2.44 bits per heavy atom. The number of methoxy groups -OCH3 is 1. The van der Waals surface area contributed by atoms with Gasteiger partial charge in [-0.05, 0) is 49.2 Å². The molecule has 176 valence electrons. The highest BCUT2D eigenvalue weighted by Crippen LogP contribution is 2.33. The summed E-state index contributed by atoms with van der Waals surface area (Å²) in [6, 6.07) is 7.23. The first-order valence-electron chi connectivity index (χ1n) is 10.7. The lowest BCUT2D eigenvalue weighted by atomic mass is 10.0. The van der Waals surface area contributed by atoms with Crippen LogP contribution in [0.3, 0.4) is 0 Å². The van der Waals surface area contributed by atoms with Crippen LogP contribution in [0.4, 0.5) is 5.13 Å². The average Bonchev–Trinajstić information content (AvgIpc) is 3.28. The standard InChI is InChI=1S/C24H25N5O4S/c1-15-10-18(33-21-13-26-20(12-27-21)32-9-8-31-3)11-16(2)22(15)19-14-34-24(28-19)29-23(30)17-4-6-25-7-5-17/h4-7,10-11,14H,8-9,12-13H2,1-3H3,(H,28,29,30). The Bertz CT molecular complexity index is 1200. The van der Waals surface area contributed by atoms with Gasteiger partial charge in [-0.25, -0.2) is 15.0 Å². The number of pyridine rings is 1. The highest BCUT2D eigenvalue weighted by molar-refractivity contribution is 7.14. The van der Waals surface area contributed by atoms with Gasteiger partial charge in [0.2, 0.25) is 11.8 Å². The Hall–Kier alpha value is -3.63. The predicted molar refractivity (Wildman–Crippen MR) is 132 cm³/mol. The summed E-state index contributed by atoms with van der Waals surface area (Å²) in [5.41, 5.74) is 4.36. The second kappa shape index (κ2) is 11.0. The number of amides is 1. The summed E-state index contributed by atoms with van der Waals surface area (Å²) in [6.45, 7) is 5.65. The van der Waals surface area contributed by atoms with E-state index >= 15 is 0 Å². The molecule has 1 amide bonds. The Balaban J connectivity index is 1.41. The minimum Gasteiger partial charge on any atom is -0.477 e. The summed E-state index contributed by atoms with van der Waals surface area (Å²) >= 11 is 1.38. The highest BCUT2D eigenvalue weighted by atomic mass is 32.1. The molecule has 3 heterocycles. The number of aromatic nitrogens is 2. The lowest BCUT2D eigenvalue weighted by molar-refractivity contribution is 0.102. The van der Waals surface area contributed by atoms with E-state index in [9.17, 15) is 4.79 Å². The van der Waals surface area contributed by atoms with E-state index < -0.39 is 0 Å². The van der Waals surface area contributed by atoms with Gasteiger partial charge in [0.1, 0.15) is 25.4 Å². The third kappa shape index (κ3) is 5.83. The monoisotopic (exact) mass is 479 g/mol. The normalized spacial score (nSPS) is 13.1. The number of nitrogens with one attached hydrogen (secondary N) is 1. The van der Waals surface area contributed by atoms with E-state index in [0.29, 0.717) is 54.5 Å². The number of ether oxygens (including phenoxy) is 3. The maximum Gasteiger partial charge on any atom is 0.257 e. The largest absolute Gasteiger partial charge is 0.477 e. The number of thiazole rings is 1. The molecular formula is C24H25N5O4S. The third-order valence-electron chi connectivity index (χ3n) is 5.00. The second-order valence-corrected chi connectivity index (χ2v) is 8.38. The Kier molecular flexibility index (Phi) is 7.61. The summed E-state index contributed by atoms with van der Waals surface area (Å²) in [7, 11) is 1.63. The summed E-state index contributed by atoms with van der Waals surface area (Å²) in [4.78, 5) is 29.7. The zero-order valence-corrected chi connectivity index (χ0v) is 20.0. The SMILES string of the molecule is COCCOC1=NCC(Oc2cc(C)c(-c3csc(NC(=O)c4ccncc4)n3)c(C)c2)=NC1. The van der Waals surface area contributed by atoms with Gasteiger partial charge in [-0.1, -0.05) is 0 Å². The van der Waals surface area contributed by atoms with E-state index in [1.165, 1.54) is 11.3 Å². The van der Waals surface area contributed by atoms with Crippen LogP contribution >= 0.6 is 11.3 Å². The predicted octanol–water partition coefficient (Wildman–Crippen LogP) is 3.93. The number of benzene rings is 1. The van der Waals surface area contributed by atoms with Gasteiger partial charge >= 0.3 is 0 Å². The van der Waals surface area contributed by atoms with Crippen LogP contribution in [0, 0.1) is 13.8 Å². The van der Waals surface area contributed by atoms with E-state index in [4.69, 9.17) is 14.2 Å². The van der Waals surface area contributed by atoms with E-state index in [2.05, 4.69) is 25.3 Å². The molecule has 2 aromatic heterocycles. The molecule has 0 saturated heterocycles. The van der Waals surface area contributed by atoms with Crippen LogP contribution < -0.4 is 10.1 Å². The molecule has 0 aliphatic carbocycles. The Morgan fingerprint density at radius 1 is 1.06 bits per heavy atom. The minimum absolute atomic E-state index is 0.219. The molecule has 9 nitrogen and oxygen atoms in total. The third-order valence-corrected chi connectivity index (χ3v) is 5.76. The van der Waals surface area contributed by atoms with Gasteiger partial charge in [0.25, 0.3) is 5.91 Å². The van der Waals surface area contributed by atoms with Crippen LogP contribution in [-0.4, -0.2) is 61.1 Å². The van der Waals surface area contributed by atoms with Crippen molar-refractivity contribution in [1.82, 2.24) is 9.97 Å². The van der Waals surface area contributed by atoms with Crippen LogP contribution in [0.15, 0.2) is 52.0 Å². The molecule has 0 atom stereocenters. The minimum atomic E-state index is -0.219. The molecule has 0 unspecified atom stereocenters. The first-order chi connectivity index (χ1) is 16.5. The van der Waals surface area contributed by atoms with Crippen molar-refractivity contribution in [3.05, 3.63) is 58.7 Å². The molecule has 0 saturated carbocycles. The smallest absolute Gasteiger partial charge is 0.257 e. The van der Waals surface area contributed by atoms with Crippen LogP contribution in [-0.2, 0) is 9.47 Å². The number of rotatable bonds is 7. The molecule has 3 aromatic rings. The van der Waals surface area contributed by atoms with Crippen molar-refractivity contribution in [2.75, 3.05) is 38.7 Å². The van der Waals surface area contributed by atoms with Crippen molar-refractivity contribution < 1.29 is 19.0 Å². The Morgan fingerprint density at radius 2 is 1.76 bits per heavy atom. The topological polar surface area (TPSA) is 107 Å². The van der Waals surface area contributed by atoms with Crippen molar-refractivity contribution in [1.29, 1.82) is 0 Å². The highest BCUT2D eigenvalue weighted by Gasteiger charge is 2.16. The van der Waals surface area contributed by atoms with Gasteiger partial charge < -0.3 is 14.2 Å². The fourth-order valence-corrected chi connectivity index (χ4v) is 4.15. The van der Waals surface area contributed by atoms with Gasteiger partial charge in [-0.3, -0.25) is 15.1 Å². The summed E-state index contributed by atoms with van der Waals surface area (Å²) in [6.07, 6.45) is 3.17. The van der Waals surface area contributed by atoms with Crippen LogP contribution in [0.25, 0.3) is 11.3 Å². The van der Waals surface area contributed by atoms with Crippen molar-refractivity contribution >= 4 is 34.2 Å². The lowest BCUT2D eigenvalue weighted by Crippen LogP contribution is -2.24. The molecule has 10 heteroatoms. The lowest BCUT2D eigenvalue weighted by Gasteiger charge is -2.16. The first-order valence-corrected chi connectivity index (χ1v) is 11.6. The fourth-order valence-electron chi connectivity index (χ4n) is 3.45. The van der Waals surface area contributed by atoms with E-state index in [-0.39, 0.29) is 5.91 Å². The number of hydrogen-bond acceptors (Lipinski definition) is 9. The van der Waals surface area contributed by atoms with Crippen molar-refractivity contribution in [2.24, 2.45) is 9.98 Å². The van der Waals surface area contributed by atoms with Crippen molar-refractivity contribution in [3.63, 3.8) is 0 Å². The molecule has 1 N–H and O–H groups in total. The summed E-state index contributed by atoms with van der Waals surface area (Å²) in [5, 5.41) is 5.31. The molecule has 0 spiro atoms. The van der Waals surface area contributed by atoms with Gasteiger partial charge in [-0.15, -0.1) is 11.3 Å². The van der Waals surface area contributed by atoms with E-state index in [0.717, 1.165) is 22.4 Å². The number of aryl methyl sites for hydroxylation is 2. The molecule has 1 aliphatic rings. The average molecular weight is 480 g/mol. The van der Waals surface area contributed by atoms with Crippen molar-refractivity contribution in [3.8, 4) is 17.0 Å². The zero-order valence-electron chi connectivity index (χ0n) is 19.2. The maximum atomic E-state index is 12.4. The van der Waals surface area contributed by atoms with Crippen LogP contribution in [0.5, 0.6) is 5.75 Å². The maximum absolute atomic E-state index is 12.4. The van der Waals surface area contributed by atoms with Gasteiger partial charge in [0.15, 0.2) is 5.13 Å². The zero-order chi connectivity index (χ0) is 23.9. The molecule has 1 aromatic carbocycles. The Labute approximate surface area is 201 Å². The van der Waals surface area contributed by atoms with Crippen LogP contribution in [0.1, 0.15) is 21.5 Å². The van der Waals surface area contributed by atoms with Gasteiger partial charge in [0.05, 0.1) is 12.3 Å². The summed E-state index contributed by atoms with van der Waals surface area (Å²) < 4.78 is 16.4. The molecule has 0 radical (unpaired) electrons. The molecule has 4 rings (SSSR count). The molecule has 34 heavy (non-hydrogen) atoms. The molecule has 0 fully saturated rings. The second-order valence-electron chi connectivity index (χ2n) is 7.52.